The van der Waals surface area contributed by atoms with Crippen molar-refractivity contribution in [2.24, 2.45) is 5.92 Å². The number of fused-ring (bicyclic) bond motifs is 1. The second-order valence-electron chi connectivity index (χ2n) is 2.46. The van der Waals surface area contributed by atoms with Crippen molar-refractivity contribution in [3.05, 3.63) is 24.3 Å². The zero-order chi connectivity index (χ0) is 6.10. The van der Waals surface area contributed by atoms with Gasteiger partial charge in [0.2, 0.25) is 0 Å². The van der Waals surface area contributed by atoms with Gasteiger partial charge in [-0.3, -0.25) is 0 Å². The highest BCUT2D eigenvalue weighted by Crippen LogP contribution is 2.24. The Kier molecular flexibility index (Phi) is 1.16. The number of allylic oxidation sites excluding steroid dienone is 2. The molecular formula is C8H9O. The van der Waals surface area contributed by atoms with Gasteiger partial charge in [0.05, 0.1) is 6.10 Å². The molecule has 0 aromatic heterocycles. The molecule has 1 saturated heterocycles. The normalized spacial score (nSPS) is 39.1. The molecule has 47 valence electrons. The van der Waals surface area contributed by atoms with Crippen LogP contribution in [0.25, 0.3) is 0 Å². The lowest BCUT2D eigenvalue weighted by molar-refractivity contribution is 0.129. The third-order valence-corrected chi connectivity index (χ3v) is 1.85. The molecule has 1 aliphatic carbocycles. The lowest BCUT2D eigenvalue weighted by Gasteiger charge is -2.11. The molecule has 1 heteroatoms. The maximum Gasteiger partial charge on any atom is 0.0892 e. The van der Waals surface area contributed by atoms with Crippen molar-refractivity contribution in [3.8, 4) is 0 Å². The van der Waals surface area contributed by atoms with E-state index in [1.807, 2.05) is 6.08 Å². The number of hydrogen-bond acceptors (Lipinski definition) is 1. The topological polar surface area (TPSA) is 9.23 Å². The molecule has 0 aromatic rings. The summed E-state index contributed by atoms with van der Waals surface area (Å²) < 4.78 is 5.36. The maximum atomic E-state index is 5.36. The minimum Gasteiger partial charge on any atom is -0.373 e. The largest absolute Gasteiger partial charge is 0.373 e. The molecular weight excluding hydrogens is 112 g/mol. The molecule has 9 heavy (non-hydrogen) atoms. The number of ether oxygens (including phenoxy) is 1. The van der Waals surface area contributed by atoms with Crippen LogP contribution in [0.3, 0.4) is 0 Å². The van der Waals surface area contributed by atoms with E-state index in [-0.39, 0.29) is 6.10 Å². The molecule has 0 amide bonds. The van der Waals surface area contributed by atoms with Crippen LogP contribution in [0.4, 0.5) is 0 Å². The molecule has 0 spiro atoms. The first-order chi connectivity index (χ1) is 4.47. The summed E-state index contributed by atoms with van der Waals surface area (Å²) in [5, 5.41) is 0. The summed E-state index contributed by atoms with van der Waals surface area (Å²) in [5.74, 6) is 0.620. The molecule has 0 bridgehead atoms. The summed E-state index contributed by atoms with van der Waals surface area (Å²) in [6, 6.07) is 0. The third kappa shape index (κ3) is 0.815. The number of hydrogen-bond donors (Lipinski definition) is 0. The van der Waals surface area contributed by atoms with E-state index in [0.717, 1.165) is 6.61 Å². The number of rotatable bonds is 0. The Hall–Kier alpha value is -0.560. The maximum absolute atomic E-state index is 5.36. The van der Waals surface area contributed by atoms with Gasteiger partial charge in [-0.2, -0.15) is 0 Å². The Bertz CT molecular complexity index is 140. The molecule has 0 N–H and O–H groups in total. The highest BCUT2D eigenvalue weighted by Gasteiger charge is 2.24. The molecule has 2 rings (SSSR count). The Morgan fingerprint density at radius 2 is 2.56 bits per heavy atom. The average Bonchev–Trinajstić information content (AvgIpc) is 2.33. The highest BCUT2D eigenvalue weighted by molar-refractivity contribution is 5.12. The molecule has 0 saturated carbocycles. The minimum absolute atomic E-state index is 0.273. The first kappa shape index (κ1) is 5.24. The second kappa shape index (κ2) is 1.99. The lowest BCUT2D eigenvalue weighted by Crippen LogP contribution is -2.12. The van der Waals surface area contributed by atoms with E-state index in [2.05, 4.69) is 18.2 Å². The Morgan fingerprint density at radius 1 is 1.56 bits per heavy atom. The van der Waals surface area contributed by atoms with Crippen molar-refractivity contribution >= 4 is 0 Å². The molecule has 2 atom stereocenters. The van der Waals surface area contributed by atoms with Crippen molar-refractivity contribution < 1.29 is 4.74 Å². The third-order valence-electron chi connectivity index (χ3n) is 1.85. The van der Waals surface area contributed by atoms with Crippen LogP contribution in [0.15, 0.2) is 18.2 Å². The quantitative estimate of drug-likeness (QED) is 0.469. The zero-order valence-corrected chi connectivity index (χ0v) is 5.21. The average molecular weight is 121 g/mol. The van der Waals surface area contributed by atoms with Gasteiger partial charge in [-0.05, 0) is 12.5 Å². The van der Waals surface area contributed by atoms with Crippen LogP contribution in [0, 0.1) is 12.0 Å². The molecule has 1 fully saturated rings. The van der Waals surface area contributed by atoms with Gasteiger partial charge in [0.1, 0.15) is 0 Å². The SMILES string of the molecule is [C]1=CC=CC2CCOC12. The van der Waals surface area contributed by atoms with Crippen LogP contribution in [0.5, 0.6) is 0 Å². The van der Waals surface area contributed by atoms with Gasteiger partial charge in [-0.15, -0.1) is 0 Å². The van der Waals surface area contributed by atoms with E-state index in [1.165, 1.54) is 6.42 Å². The van der Waals surface area contributed by atoms with Crippen molar-refractivity contribution in [1.82, 2.24) is 0 Å². The Morgan fingerprint density at radius 3 is 3.44 bits per heavy atom. The first-order valence-corrected chi connectivity index (χ1v) is 3.34. The predicted molar refractivity (Wildman–Crippen MR) is 34.8 cm³/mol. The van der Waals surface area contributed by atoms with E-state index < -0.39 is 0 Å². The summed E-state index contributed by atoms with van der Waals surface area (Å²) in [4.78, 5) is 0. The monoisotopic (exact) mass is 121 g/mol. The van der Waals surface area contributed by atoms with Gasteiger partial charge >= 0.3 is 0 Å². The molecule has 1 nitrogen and oxygen atoms in total. The van der Waals surface area contributed by atoms with Crippen molar-refractivity contribution in [2.75, 3.05) is 6.61 Å². The summed E-state index contributed by atoms with van der Waals surface area (Å²) in [7, 11) is 0. The van der Waals surface area contributed by atoms with Crippen LogP contribution in [0.2, 0.25) is 0 Å². The van der Waals surface area contributed by atoms with E-state index in [4.69, 9.17) is 4.74 Å². The minimum atomic E-state index is 0.273. The first-order valence-electron chi connectivity index (χ1n) is 3.34. The summed E-state index contributed by atoms with van der Waals surface area (Å²) in [6.45, 7) is 0.903. The molecule has 1 aliphatic heterocycles. The van der Waals surface area contributed by atoms with Crippen LogP contribution in [0.1, 0.15) is 6.42 Å². The van der Waals surface area contributed by atoms with Crippen molar-refractivity contribution in [2.45, 2.75) is 12.5 Å². The summed E-state index contributed by atoms with van der Waals surface area (Å²) in [5.41, 5.74) is 0. The van der Waals surface area contributed by atoms with Crippen molar-refractivity contribution in [1.29, 1.82) is 0 Å². The van der Waals surface area contributed by atoms with Gasteiger partial charge in [0, 0.05) is 12.5 Å². The predicted octanol–water partition coefficient (Wildman–Crippen LogP) is 1.32. The second-order valence-corrected chi connectivity index (χ2v) is 2.46. The van der Waals surface area contributed by atoms with Gasteiger partial charge in [0.25, 0.3) is 0 Å². The molecule has 2 unspecified atom stereocenters. The van der Waals surface area contributed by atoms with Crippen LogP contribution in [-0.2, 0) is 4.74 Å². The standard InChI is InChI=1S/C8H9O/c1-2-4-8-7(3-1)5-6-9-8/h1-3,7-8H,5-6H2. The molecule has 1 heterocycles. The molecule has 1 radical (unpaired) electrons. The summed E-state index contributed by atoms with van der Waals surface area (Å²) >= 11 is 0. The van der Waals surface area contributed by atoms with Gasteiger partial charge in [-0.25, -0.2) is 0 Å². The Labute approximate surface area is 55.0 Å². The van der Waals surface area contributed by atoms with E-state index in [0.29, 0.717) is 5.92 Å². The van der Waals surface area contributed by atoms with E-state index in [1.54, 1.807) is 0 Å². The van der Waals surface area contributed by atoms with Crippen LogP contribution >= 0.6 is 0 Å². The van der Waals surface area contributed by atoms with E-state index in [9.17, 15) is 0 Å². The van der Waals surface area contributed by atoms with E-state index >= 15 is 0 Å². The fourth-order valence-electron chi connectivity index (χ4n) is 1.32. The van der Waals surface area contributed by atoms with Gasteiger partial charge in [-0.1, -0.05) is 18.2 Å². The lowest BCUT2D eigenvalue weighted by atomic mass is 9.97. The van der Waals surface area contributed by atoms with Crippen molar-refractivity contribution in [3.63, 3.8) is 0 Å². The molecule has 0 aromatic carbocycles. The summed E-state index contributed by atoms with van der Waals surface area (Å²) in [6.07, 6.45) is 10.8. The Balaban J connectivity index is 2.18. The van der Waals surface area contributed by atoms with Crippen LogP contribution in [-0.4, -0.2) is 12.7 Å². The smallest absolute Gasteiger partial charge is 0.0892 e. The van der Waals surface area contributed by atoms with Crippen LogP contribution < -0.4 is 0 Å². The molecule has 2 aliphatic rings. The van der Waals surface area contributed by atoms with Gasteiger partial charge in [0.15, 0.2) is 0 Å². The fourth-order valence-corrected chi connectivity index (χ4v) is 1.32. The zero-order valence-electron chi connectivity index (χ0n) is 5.21. The van der Waals surface area contributed by atoms with Gasteiger partial charge < -0.3 is 4.74 Å². The fraction of sp³-hybridized carbons (Fsp3) is 0.500. The highest BCUT2D eigenvalue weighted by atomic mass is 16.5.